The fourth-order valence-corrected chi connectivity index (χ4v) is 3.32. The Morgan fingerprint density at radius 3 is 2.75 bits per heavy atom. The number of aromatic amines is 1. The lowest BCUT2D eigenvalue weighted by Crippen LogP contribution is -2.12. The molecule has 1 aliphatic carbocycles. The Kier molecular flexibility index (Phi) is 5.08. The fourth-order valence-electron chi connectivity index (χ4n) is 3.16. The second-order valence-corrected chi connectivity index (χ2v) is 6.86. The topological polar surface area (TPSA) is 99.5 Å². The third-order valence-electron chi connectivity index (χ3n) is 4.52. The Morgan fingerprint density at radius 2 is 2.04 bits per heavy atom. The van der Waals surface area contributed by atoms with E-state index in [1.54, 1.807) is 12.1 Å². The van der Waals surface area contributed by atoms with Gasteiger partial charge in [-0.3, -0.25) is 5.10 Å². The number of benzene rings is 1. The zero-order chi connectivity index (χ0) is 19.5. The highest BCUT2D eigenvalue weighted by atomic mass is 35.5. The number of aromatic nitrogens is 4. The number of hydrogen-bond donors (Lipinski definition) is 2. The lowest BCUT2D eigenvalue weighted by molar-refractivity contribution is 0.210. The summed E-state index contributed by atoms with van der Waals surface area (Å²) in [6, 6.07) is 6.71. The minimum absolute atomic E-state index is 0.0100. The van der Waals surface area contributed by atoms with Crippen LogP contribution in [-0.2, 0) is 0 Å². The number of nitrogens with zero attached hydrogens (tertiary/aromatic N) is 4. The molecule has 28 heavy (non-hydrogen) atoms. The normalized spacial score (nSPS) is 14.0. The number of nitrogens with one attached hydrogen (secondary N) is 2. The van der Waals surface area contributed by atoms with Gasteiger partial charge in [-0.2, -0.15) is 10.4 Å². The van der Waals surface area contributed by atoms with Gasteiger partial charge in [0.05, 0.1) is 34.8 Å². The Hall–Kier alpha value is -3.18. The van der Waals surface area contributed by atoms with Crippen molar-refractivity contribution in [2.24, 2.45) is 0 Å². The van der Waals surface area contributed by atoms with Gasteiger partial charge in [-0.15, -0.1) is 0 Å². The third kappa shape index (κ3) is 3.75. The maximum absolute atomic E-state index is 14.8. The summed E-state index contributed by atoms with van der Waals surface area (Å²) in [5.41, 5.74) is 0.880. The molecular weight excluding hydrogens is 383 g/mol. The first-order valence-electron chi connectivity index (χ1n) is 8.83. The van der Waals surface area contributed by atoms with Gasteiger partial charge in [-0.05, 0) is 37.8 Å². The molecular formula is C19H16ClFN6O. The third-order valence-corrected chi connectivity index (χ3v) is 4.81. The Morgan fingerprint density at radius 1 is 1.21 bits per heavy atom. The lowest BCUT2D eigenvalue weighted by Gasteiger charge is -2.16. The first-order valence-corrected chi connectivity index (χ1v) is 9.21. The maximum Gasteiger partial charge on any atom is 0.158 e. The molecule has 0 saturated heterocycles. The molecule has 142 valence electrons. The van der Waals surface area contributed by atoms with Crippen LogP contribution < -0.4 is 10.1 Å². The van der Waals surface area contributed by atoms with Crippen LogP contribution >= 0.6 is 11.6 Å². The molecule has 0 radical (unpaired) electrons. The van der Waals surface area contributed by atoms with Crippen LogP contribution in [0, 0.1) is 17.1 Å². The van der Waals surface area contributed by atoms with Crippen LogP contribution in [0.5, 0.6) is 5.75 Å². The highest BCUT2D eigenvalue weighted by molar-refractivity contribution is 6.31. The maximum atomic E-state index is 14.8. The van der Waals surface area contributed by atoms with Gasteiger partial charge in [-0.25, -0.2) is 14.4 Å². The second-order valence-electron chi connectivity index (χ2n) is 6.45. The van der Waals surface area contributed by atoms with Crippen LogP contribution in [0.15, 0.2) is 30.6 Å². The molecule has 1 aromatic carbocycles. The Balaban J connectivity index is 1.61. The molecule has 0 amide bonds. The monoisotopic (exact) mass is 398 g/mol. The van der Waals surface area contributed by atoms with Gasteiger partial charge in [0.15, 0.2) is 17.3 Å². The van der Waals surface area contributed by atoms with Crippen molar-refractivity contribution in [3.05, 3.63) is 47.1 Å². The van der Waals surface area contributed by atoms with Crippen molar-refractivity contribution in [3.8, 4) is 23.1 Å². The van der Waals surface area contributed by atoms with Crippen molar-refractivity contribution in [2.75, 3.05) is 5.32 Å². The Bertz CT molecular complexity index is 1020. The summed E-state index contributed by atoms with van der Waals surface area (Å²) in [5.74, 6) is 0.693. The molecule has 0 bridgehead atoms. The Labute approximate surface area is 165 Å². The van der Waals surface area contributed by atoms with Crippen molar-refractivity contribution < 1.29 is 9.13 Å². The summed E-state index contributed by atoms with van der Waals surface area (Å²) in [4.78, 5) is 8.01. The number of halogens is 2. The van der Waals surface area contributed by atoms with Gasteiger partial charge in [0, 0.05) is 6.07 Å². The molecule has 4 rings (SSSR count). The molecule has 9 heteroatoms. The minimum Gasteiger partial charge on any atom is -0.490 e. The van der Waals surface area contributed by atoms with Gasteiger partial charge in [0.25, 0.3) is 0 Å². The van der Waals surface area contributed by atoms with Crippen molar-refractivity contribution in [2.45, 2.75) is 31.8 Å². The lowest BCUT2D eigenvalue weighted by atomic mass is 10.1. The molecule has 3 aromatic rings. The van der Waals surface area contributed by atoms with Crippen molar-refractivity contribution in [3.63, 3.8) is 0 Å². The summed E-state index contributed by atoms with van der Waals surface area (Å²) in [5, 5.41) is 18.7. The first-order chi connectivity index (χ1) is 13.6. The van der Waals surface area contributed by atoms with E-state index < -0.39 is 5.82 Å². The van der Waals surface area contributed by atoms with Gasteiger partial charge in [-0.1, -0.05) is 11.6 Å². The first kappa shape index (κ1) is 18.2. The van der Waals surface area contributed by atoms with E-state index in [-0.39, 0.29) is 22.4 Å². The number of anilines is 2. The molecule has 0 aliphatic heterocycles. The van der Waals surface area contributed by atoms with E-state index in [0.29, 0.717) is 23.1 Å². The van der Waals surface area contributed by atoms with Gasteiger partial charge < -0.3 is 10.1 Å². The SMILES string of the molecule is N#Cc1cnc(Nc2cc(-c3c(OC4CCCC4)ccc(Cl)c3F)[nH]n2)cn1. The number of hydrogen-bond acceptors (Lipinski definition) is 6. The quantitative estimate of drug-likeness (QED) is 0.651. The van der Waals surface area contributed by atoms with Gasteiger partial charge in [0.1, 0.15) is 17.6 Å². The second kappa shape index (κ2) is 7.82. The zero-order valence-corrected chi connectivity index (χ0v) is 15.5. The van der Waals surface area contributed by atoms with Crippen LogP contribution in [0.2, 0.25) is 5.02 Å². The van der Waals surface area contributed by atoms with E-state index in [2.05, 4.69) is 25.5 Å². The minimum atomic E-state index is -0.564. The molecule has 0 atom stereocenters. The van der Waals surface area contributed by atoms with Crippen LogP contribution in [0.25, 0.3) is 11.3 Å². The molecule has 1 fully saturated rings. The highest BCUT2D eigenvalue weighted by Gasteiger charge is 2.22. The van der Waals surface area contributed by atoms with Crippen LogP contribution in [0.3, 0.4) is 0 Å². The standard InChI is InChI=1S/C19H16ClFN6O/c20-13-5-6-15(28-12-3-1-2-4-12)18(19(13)21)14-7-16(27-26-14)25-17-10-23-11(8-22)9-24-17/h5-7,9-10,12H,1-4H2,(H2,24,25,26,27). The predicted octanol–water partition coefficient (Wildman–Crippen LogP) is 4.60. The zero-order valence-electron chi connectivity index (χ0n) is 14.7. The average molecular weight is 399 g/mol. The molecule has 2 aromatic heterocycles. The van der Waals surface area contributed by atoms with E-state index >= 15 is 0 Å². The molecule has 0 spiro atoms. The van der Waals surface area contributed by atoms with Crippen LogP contribution in [-0.4, -0.2) is 26.3 Å². The molecule has 2 heterocycles. The van der Waals surface area contributed by atoms with E-state index in [4.69, 9.17) is 21.6 Å². The van der Waals surface area contributed by atoms with Crippen molar-refractivity contribution in [1.82, 2.24) is 20.2 Å². The molecule has 1 saturated carbocycles. The van der Waals surface area contributed by atoms with E-state index in [9.17, 15) is 4.39 Å². The summed E-state index contributed by atoms with van der Waals surface area (Å²) >= 11 is 5.99. The summed E-state index contributed by atoms with van der Waals surface area (Å²) < 4.78 is 20.8. The molecule has 0 unspecified atom stereocenters. The number of ether oxygens (including phenoxy) is 1. The number of nitriles is 1. The summed E-state index contributed by atoms with van der Waals surface area (Å²) in [6.07, 6.45) is 6.98. The van der Waals surface area contributed by atoms with Crippen LogP contribution in [0.1, 0.15) is 31.4 Å². The smallest absolute Gasteiger partial charge is 0.158 e. The molecule has 1 aliphatic rings. The number of H-pyrrole nitrogens is 1. The van der Waals surface area contributed by atoms with Crippen molar-refractivity contribution >= 4 is 23.2 Å². The van der Waals surface area contributed by atoms with E-state index in [1.807, 2.05) is 6.07 Å². The van der Waals surface area contributed by atoms with Gasteiger partial charge >= 0.3 is 0 Å². The fraction of sp³-hybridized carbons (Fsp3) is 0.263. The van der Waals surface area contributed by atoms with Crippen LogP contribution in [0.4, 0.5) is 16.0 Å². The van der Waals surface area contributed by atoms with Crippen molar-refractivity contribution in [1.29, 1.82) is 5.26 Å². The largest absolute Gasteiger partial charge is 0.490 e. The van der Waals surface area contributed by atoms with E-state index in [0.717, 1.165) is 25.7 Å². The average Bonchev–Trinajstić information content (AvgIpc) is 3.38. The molecule has 2 N–H and O–H groups in total. The molecule has 7 nitrogen and oxygen atoms in total. The summed E-state index contributed by atoms with van der Waals surface area (Å²) in [7, 11) is 0. The number of rotatable bonds is 5. The van der Waals surface area contributed by atoms with E-state index in [1.165, 1.54) is 18.5 Å². The highest BCUT2D eigenvalue weighted by Crippen LogP contribution is 2.38. The van der Waals surface area contributed by atoms with Gasteiger partial charge in [0.2, 0.25) is 0 Å². The summed E-state index contributed by atoms with van der Waals surface area (Å²) in [6.45, 7) is 0. The predicted molar refractivity (Wildman–Crippen MR) is 102 cm³/mol.